The lowest BCUT2D eigenvalue weighted by atomic mass is 9.82. The number of hydrogen-bond acceptors (Lipinski definition) is 3. The first-order valence-electron chi connectivity index (χ1n) is 6.64. The second-order valence-corrected chi connectivity index (χ2v) is 7.26. The van der Waals surface area contributed by atoms with Crippen LogP contribution in [0.1, 0.15) is 24.0 Å². The molecule has 1 aliphatic heterocycles. The van der Waals surface area contributed by atoms with Crippen LogP contribution in [0.25, 0.3) is 0 Å². The Bertz CT molecular complexity index is 534. The first-order chi connectivity index (χ1) is 8.90. The summed E-state index contributed by atoms with van der Waals surface area (Å²) < 4.78 is 26.2. The topological polar surface area (TPSA) is 58.2 Å². The summed E-state index contributed by atoms with van der Waals surface area (Å²) in [5.41, 5.74) is 2.10. The molecule has 1 saturated heterocycles. The van der Waals surface area contributed by atoms with Crippen LogP contribution >= 0.6 is 0 Å². The van der Waals surface area contributed by atoms with Crippen molar-refractivity contribution >= 4 is 10.0 Å². The van der Waals surface area contributed by atoms with Crippen LogP contribution < -0.4 is 10.0 Å². The first kappa shape index (κ1) is 14.5. The zero-order chi connectivity index (χ0) is 13.9. The van der Waals surface area contributed by atoms with Gasteiger partial charge < -0.3 is 5.32 Å². The second-order valence-electron chi connectivity index (χ2n) is 5.51. The molecule has 2 rings (SSSR count). The number of nitrogens with one attached hydrogen (secondary N) is 2. The van der Waals surface area contributed by atoms with E-state index in [0.717, 1.165) is 32.4 Å². The van der Waals surface area contributed by atoms with Crippen LogP contribution in [-0.4, -0.2) is 33.3 Å². The maximum atomic E-state index is 11.6. The van der Waals surface area contributed by atoms with Gasteiger partial charge in [0.15, 0.2) is 0 Å². The minimum absolute atomic E-state index is 0.342. The van der Waals surface area contributed by atoms with E-state index in [1.807, 2.05) is 12.1 Å². The van der Waals surface area contributed by atoms with E-state index in [0.29, 0.717) is 0 Å². The predicted molar refractivity (Wildman–Crippen MR) is 77.7 cm³/mol. The molecule has 0 amide bonds. The molecule has 0 aliphatic carbocycles. The van der Waals surface area contributed by atoms with Crippen molar-refractivity contribution in [2.45, 2.75) is 31.7 Å². The molecule has 0 bridgehead atoms. The summed E-state index contributed by atoms with van der Waals surface area (Å²) in [6.07, 6.45) is 3.66. The van der Waals surface area contributed by atoms with Crippen LogP contribution in [0.2, 0.25) is 0 Å². The highest BCUT2D eigenvalue weighted by atomic mass is 32.2. The molecular weight excluding hydrogens is 260 g/mol. The minimum atomic E-state index is -3.19. The summed E-state index contributed by atoms with van der Waals surface area (Å²) in [4.78, 5) is 0. The van der Waals surface area contributed by atoms with E-state index >= 15 is 0 Å². The molecule has 0 spiro atoms. The predicted octanol–water partition coefficient (Wildman–Crippen LogP) is 1.21. The fraction of sp³-hybridized carbons (Fsp3) is 0.571. The summed E-state index contributed by atoms with van der Waals surface area (Å²) in [6.45, 7) is 3.79. The Balaban J connectivity index is 2.26. The Morgan fingerprint density at radius 3 is 2.47 bits per heavy atom. The van der Waals surface area contributed by atoms with Gasteiger partial charge in [0.2, 0.25) is 10.0 Å². The molecule has 1 fully saturated rings. The monoisotopic (exact) mass is 282 g/mol. The van der Waals surface area contributed by atoms with Gasteiger partial charge in [-0.05, 0) is 50.4 Å². The van der Waals surface area contributed by atoms with E-state index in [9.17, 15) is 8.42 Å². The maximum Gasteiger partial charge on any atom is 0.209 e. The van der Waals surface area contributed by atoms with E-state index < -0.39 is 10.0 Å². The van der Waals surface area contributed by atoms with E-state index in [2.05, 4.69) is 29.1 Å². The molecule has 1 aromatic rings. The summed E-state index contributed by atoms with van der Waals surface area (Å²) in [5, 5.41) is 3.29. The van der Waals surface area contributed by atoms with Gasteiger partial charge in [-0.15, -0.1) is 0 Å². The standard InChI is InChI=1S/C14H22N2O2S/c1-12-5-3-4-6-13(12)11-14(16-19(2,17)18)7-9-15-10-8-14/h3-6,15-16H,7-11H2,1-2H3. The molecule has 4 nitrogen and oxygen atoms in total. The van der Waals surface area contributed by atoms with Crippen molar-refractivity contribution in [1.82, 2.24) is 10.0 Å². The lowest BCUT2D eigenvalue weighted by Gasteiger charge is -2.38. The summed E-state index contributed by atoms with van der Waals surface area (Å²) in [5.74, 6) is 0. The zero-order valence-corrected chi connectivity index (χ0v) is 12.4. The number of rotatable bonds is 4. The highest BCUT2D eigenvalue weighted by Gasteiger charge is 2.35. The molecule has 0 unspecified atom stereocenters. The smallest absolute Gasteiger partial charge is 0.209 e. The highest BCUT2D eigenvalue weighted by molar-refractivity contribution is 7.88. The van der Waals surface area contributed by atoms with Crippen molar-refractivity contribution in [1.29, 1.82) is 0 Å². The molecule has 1 aliphatic rings. The number of aryl methyl sites for hydroxylation is 1. The molecule has 0 atom stereocenters. The summed E-state index contributed by atoms with van der Waals surface area (Å²) in [7, 11) is -3.19. The normalized spacial score (nSPS) is 19.3. The van der Waals surface area contributed by atoms with Crippen LogP contribution in [0.5, 0.6) is 0 Å². The third kappa shape index (κ3) is 4.03. The average molecular weight is 282 g/mol. The summed E-state index contributed by atoms with van der Waals surface area (Å²) >= 11 is 0. The molecule has 5 heteroatoms. The maximum absolute atomic E-state index is 11.6. The van der Waals surface area contributed by atoms with Gasteiger partial charge in [-0.1, -0.05) is 24.3 Å². The lowest BCUT2D eigenvalue weighted by molar-refractivity contribution is 0.280. The first-order valence-corrected chi connectivity index (χ1v) is 8.54. The van der Waals surface area contributed by atoms with Gasteiger partial charge in [-0.2, -0.15) is 0 Å². The number of sulfonamides is 1. The quantitative estimate of drug-likeness (QED) is 0.872. The van der Waals surface area contributed by atoms with Crippen LogP contribution in [0.4, 0.5) is 0 Å². The summed E-state index contributed by atoms with van der Waals surface area (Å²) in [6, 6.07) is 8.18. The minimum Gasteiger partial charge on any atom is -0.317 e. The van der Waals surface area contributed by atoms with E-state index in [1.54, 1.807) is 0 Å². The third-order valence-electron chi connectivity index (χ3n) is 3.75. The second kappa shape index (κ2) is 5.61. The van der Waals surface area contributed by atoms with Crippen molar-refractivity contribution in [2.75, 3.05) is 19.3 Å². The van der Waals surface area contributed by atoms with Crippen molar-refractivity contribution < 1.29 is 8.42 Å². The molecule has 1 aromatic carbocycles. The van der Waals surface area contributed by atoms with Gasteiger partial charge in [0.05, 0.1) is 6.26 Å². The number of hydrogen-bond donors (Lipinski definition) is 2. The van der Waals surface area contributed by atoms with Gasteiger partial charge in [0, 0.05) is 5.54 Å². The van der Waals surface area contributed by atoms with Gasteiger partial charge in [0.25, 0.3) is 0 Å². The largest absolute Gasteiger partial charge is 0.317 e. The van der Waals surface area contributed by atoms with Gasteiger partial charge in [0.1, 0.15) is 0 Å². The Kier molecular flexibility index (Phi) is 4.28. The molecule has 19 heavy (non-hydrogen) atoms. The van der Waals surface area contributed by atoms with Gasteiger partial charge >= 0.3 is 0 Å². The van der Waals surface area contributed by atoms with Crippen molar-refractivity contribution in [3.63, 3.8) is 0 Å². The molecule has 0 radical (unpaired) electrons. The van der Waals surface area contributed by atoms with Crippen molar-refractivity contribution in [3.8, 4) is 0 Å². The van der Waals surface area contributed by atoms with Crippen LogP contribution in [0.15, 0.2) is 24.3 Å². The Labute approximate surface area is 115 Å². The Morgan fingerprint density at radius 2 is 1.89 bits per heavy atom. The van der Waals surface area contributed by atoms with Crippen LogP contribution in [0.3, 0.4) is 0 Å². The van der Waals surface area contributed by atoms with E-state index in [4.69, 9.17) is 0 Å². The Morgan fingerprint density at radius 1 is 1.26 bits per heavy atom. The highest BCUT2D eigenvalue weighted by Crippen LogP contribution is 2.25. The molecule has 0 saturated carbocycles. The molecule has 1 heterocycles. The zero-order valence-electron chi connectivity index (χ0n) is 11.6. The van der Waals surface area contributed by atoms with Crippen molar-refractivity contribution in [3.05, 3.63) is 35.4 Å². The van der Waals surface area contributed by atoms with Crippen LogP contribution in [-0.2, 0) is 16.4 Å². The Hall–Kier alpha value is -0.910. The van der Waals surface area contributed by atoms with E-state index in [-0.39, 0.29) is 5.54 Å². The SMILES string of the molecule is Cc1ccccc1CC1(NS(C)(=O)=O)CCNCC1. The van der Waals surface area contributed by atoms with E-state index in [1.165, 1.54) is 17.4 Å². The third-order valence-corrected chi connectivity index (χ3v) is 4.56. The van der Waals surface area contributed by atoms with Crippen molar-refractivity contribution in [2.24, 2.45) is 0 Å². The fourth-order valence-corrected chi connectivity index (χ4v) is 3.85. The van der Waals surface area contributed by atoms with Gasteiger partial charge in [-0.3, -0.25) is 0 Å². The molecular formula is C14H22N2O2S. The molecule has 106 valence electrons. The average Bonchev–Trinajstić information content (AvgIpc) is 2.31. The fourth-order valence-electron chi connectivity index (χ4n) is 2.79. The van der Waals surface area contributed by atoms with Crippen LogP contribution in [0, 0.1) is 6.92 Å². The molecule has 0 aromatic heterocycles. The molecule has 2 N–H and O–H groups in total. The number of piperidine rings is 1. The number of benzene rings is 1. The van der Waals surface area contributed by atoms with Gasteiger partial charge in [-0.25, -0.2) is 13.1 Å². The lowest BCUT2D eigenvalue weighted by Crippen LogP contribution is -2.55.